The fourth-order valence-electron chi connectivity index (χ4n) is 4.58. The van der Waals surface area contributed by atoms with Gasteiger partial charge in [-0.1, -0.05) is 54.1 Å². The zero-order valence-electron chi connectivity index (χ0n) is 18.5. The minimum atomic E-state index is -0.174. The van der Waals surface area contributed by atoms with Crippen LogP contribution in [0.1, 0.15) is 30.0 Å². The van der Waals surface area contributed by atoms with Crippen molar-refractivity contribution in [2.45, 2.75) is 25.2 Å². The molecule has 0 N–H and O–H groups in total. The van der Waals surface area contributed by atoms with E-state index in [2.05, 4.69) is 39.9 Å². The molecule has 0 bridgehead atoms. The van der Waals surface area contributed by atoms with Gasteiger partial charge in [-0.3, -0.25) is 0 Å². The number of benzene rings is 3. The first-order chi connectivity index (χ1) is 16.2. The van der Waals surface area contributed by atoms with Crippen LogP contribution in [0.25, 0.3) is 16.9 Å². The SMILES string of the molecule is Fc1ccc(CCN2CCC(c3cc(-c4ccc(Cl)cc4)n(-c4ccccc4)n3)CC2)cc1. The Morgan fingerprint density at radius 2 is 1.58 bits per heavy atom. The summed E-state index contributed by atoms with van der Waals surface area (Å²) in [6.07, 6.45) is 3.14. The van der Waals surface area contributed by atoms with Crippen molar-refractivity contribution in [3.8, 4) is 16.9 Å². The van der Waals surface area contributed by atoms with Crippen LogP contribution in [0.5, 0.6) is 0 Å². The lowest BCUT2D eigenvalue weighted by atomic mass is 9.93. The average molecular weight is 460 g/mol. The molecule has 5 rings (SSSR count). The van der Waals surface area contributed by atoms with E-state index in [1.807, 2.05) is 42.5 Å². The summed E-state index contributed by atoms with van der Waals surface area (Å²) in [5, 5.41) is 5.79. The van der Waals surface area contributed by atoms with E-state index in [4.69, 9.17) is 16.7 Å². The molecule has 3 aromatic carbocycles. The zero-order chi connectivity index (χ0) is 22.6. The zero-order valence-corrected chi connectivity index (χ0v) is 19.3. The summed E-state index contributed by atoms with van der Waals surface area (Å²) in [5.74, 6) is 0.274. The fourth-order valence-corrected chi connectivity index (χ4v) is 4.71. The molecule has 0 amide bonds. The van der Waals surface area contributed by atoms with Gasteiger partial charge in [0.05, 0.1) is 17.1 Å². The van der Waals surface area contributed by atoms with Gasteiger partial charge in [-0.2, -0.15) is 5.10 Å². The van der Waals surface area contributed by atoms with Crippen LogP contribution in [0.3, 0.4) is 0 Å². The van der Waals surface area contributed by atoms with Crippen LogP contribution in [-0.4, -0.2) is 34.3 Å². The lowest BCUT2D eigenvalue weighted by Crippen LogP contribution is -2.34. The summed E-state index contributed by atoms with van der Waals surface area (Å²) in [4.78, 5) is 2.51. The lowest BCUT2D eigenvalue weighted by molar-refractivity contribution is 0.213. The molecular weight excluding hydrogens is 433 g/mol. The van der Waals surface area contributed by atoms with Crippen molar-refractivity contribution in [3.05, 3.63) is 107 Å². The first-order valence-corrected chi connectivity index (χ1v) is 11.9. The minimum absolute atomic E-state index is 0.174. The Balaban J connectivity index is 1.30. The first kappa shape index (κ1) is 21.9. The molecule has 4 aromatic rings. The van der Waals surface area contributed by atoms with Gasteiger partial charge < -0.3 is 4.90 Å². The lowest BCUT2D eigenvalue weighted by Gasteiger charge is -2.31. The quantitative estimate of drug-likeness (QED) is 0.318. The molecule has 0 spiro atoms. The molecule has 0 aliphatic carbocycles. The van der Waals surface area contributed by atoms with Crippen molar-refractivity contribution in [2.24, 2.45) is 0 Å². The summed E-state index contributed by atoms with van der Waals surface area (Å²) in [6, 6.07) is 27.4. The molecule has 33 heavy (non-hydrogen) atoms. The predicted octanol–water partition coefficient (Wildman–Crippen LogP) is 6.75. The first-order valence-electron chi connectivity index (χ1n) is 11.5. The molecule has 0 unspecified atom stereocenters. The Bertz CT molecular complexity index is 1180. The van der Waals surface area contributed by atoms with Crippen molar-refractivity contribution in [1.82, 2.24) is 14.7 Å². The summed E-state index contributed by atoms with van der Waals surface area (Å²) in [6.45, 7) is 3.12. The minimum Gasteiger partial charge on any atom is -0.303 e. The normalized spacial score (nSPS) is 15.1. The number of aromatic nitrogens is 2. The highest BCUT2D eigenvalue weighted by atomic mass is 35.5. The van der Waals surface area contributed by atoms with E-state index in [0.29, 0.717) is 5.92 Å². The van der Waals surface area contributed by atoms with Gasteiger partial charge in [-0.25, -0.2) is 9.07 Å². The van der Waals surface area contributed by atoms with Crippen molar-refractivity contribution < 1.29 is 4.39 Å². The number of para-hydroxylation sites is 1. The third kappa shape index (κ3) is 5.18. The summed E-state index contributed by atoms with van der Waals surface area (Å²) >= 11 is 6.12. The molecule has 1 aromatic heterocycles. The monoisotopic (exact) mass is 459 g/mol. The van der Waals surface area contributed by atoms with Crippen molar-refractivity contribution in [3.63, 3.8) is 0 Å². The van der Waals surface area contributed by atoms with Crippen molar-refractivity contribution >= 4 is 11.6 Å². The Morgan fingerprint density at radius 1 is 0.879 bits per heavy atom. The molecule has 5 heteroatoms. The van der Waals surface area contributed by atoms with Crippen LogP contribution in [0.2, 0.25) is 5.02 Å². The van der Waals surface area contributed by atoms with Gasteiger partial charge in [0, 0.05) is 23.0 Å². The average Bonchev–Trinajstić information content (AvgIpc) is 3.31. The van der Waals surface area contributed by atoms with E-state index in [0.717, 1.165) is 66.6 Å². The molecule has 2 heterocycles. The fraction of sp³-hybridized carbons (Fsp3) is 0.250. The van der Waals surface area contributed by atoms with E-state index >= 15 is 0 Å². The molecule has 1 aliphatic rings. The molecule has 1 fully saturated rings. The summed E-state index contributed by atoms with van der Waals surface area (Å²) in [5.41, 5.74) is 5.60. The van der Waals surface area contributed by atoms with E-state index in [1.165, 1.54) is 5.56 Å². The highest BCUT2D eigenvalue weighted by molar-refractivity contribution is 6.30. The van der Waals surface area contributed by atoms with Crippen molar-refractivity contribution in [1.29, 1.82) is 0 Å². The molecule has 0 radical (unpaired) electrons. The van der Waals surface area contributed by atoms with Gasteiger partial charge in [-0.05, 0) is 80.4 Å². The van der Waals surface area contributed by atoms with E-state index in [1.54, 1.807) is 12.1 Å². The van der Waals surface area contributed by atoms with Gasteiger partial charge in [0.2, 0.25) is 0 Å². The van der Waals surface area contributed by atoms with Crippen LogP contribution >= 0.6 is 11.6 Å². The number of likely N-dealkylation sites (tertiary alicyclic amines) is 1. The van der Waals surface area contributed by atoms with Gasteiger partial charge >= 0.3 is 0 Å². The topological polar surface area (TPSA) is 21.1 Å². The number of hydrogen-bond donors (Lipinski definition) is 0. The molecule has 168 valence electrons. The molecule has 3 nitrogen and oxygen atoms in total. The second-order valence-corrected chi connectivity index (χ2v) is 9.14. The summed E-state index contributed by atoms with van der Waals surface area (Å²) in [7, 11) is 0. The number of nitrogens with zero attached hydrogens (tertiary/aromatic N) is 3. The Hall–Kier alpha value is -2.95. The van der Waals surface area contributed by atoms with Crippen LogP contribution in [0, 0.1) is 5.82 Å². The van der Waals surface area contributed by atoms with Crippen LogP contribution < -0.4 is 0 Å². The maximum Gasteiger partial charge on any atom is 0.123 e. The largest absolute Gasteiger partial charge is 0.303 e. The summed E-state index contributed by atoms with van der Waals surface area (Å²) < 4.78 is 15.2. The van der Waals surface area contributed by atoms with Gasteiger partial charge in [0.25, 0.3) is 0 Å². The van der Waals surface area contributed by atoms with E-state index in [-0.39, 0.29) is 5.82 Å². The number of hydrogen-bond acceptors (Lipinski definition) is 2. The molecular formula is C28H27ClFN3. The standard InChI is InChI=1S/C28H27ClFN3/c29-24-10-8-23(9-11-24)28-20-27(31-33(28)26-4-2-1-3-5-26)22-15-18-32(19-16-22)17-14-21-6-12-25(30)13-7-21/h1-13,20,22H,14-19H2. The van der Waals surface area contributed by atoms with Crippen molar-refractivity contribution in [2.75, 3.05) is 19.6 Å². The van der Waals surface area contributed by atoms with Gasteiger partial charge in [0.1, 0.15) is 5.82 Å². The smallest absolute Gasteiger partial charge is 0.123 e. The second-order valence-electron chi connectivity index (χ2n) is 8.70. The number of rotatable bonds is 6. The maximum absolute atomic E-state index is 13.1. The second kappa shape index (κ2) is 9.90. The van der Waals surface area contributed by atoms with Crippen LogP contribution in [-0.2, 0) is 6.42 Å². The van der Waals surface area contributed by atoms with E-state index < -0.39 is 0 Å². The van der Waals surface area contributed by atoms with E-state index in [9.17, 15) is 4.39 Å². The molecule has 1 saturated heterocycles. The highest BCUT2D eigenvalue weighted by Crippen LogP contribution is 2.32. The van der Waals surface area contributed by atoms with Gasteiger partial charge in [-0.15, -0.1) is 0 Å². The Kier molecular flexibility index (Phi) is 6.56. The Morgan fingerprint density at radius 3 is 2.27 bits per heavy atom. The number of piperidine rings is 1. The molecule has 1 aliphatic heterocycles. The van der Waals surface area contributed by atoms with Gasteiger partial charge in [0.15, 0.2) is 0 Å². The molecule has 0 atom stereocenters. The number of halogens is 2. The molecule has 0 saturated carbocycles. The third-order valence-electron chi connectivity index (χ3n) is 6.50. The van der Waals surface area contributed by atoms with Crippen LogP contribution in [0.4, 0.5) is 4.39 Å². The Labute approximate surface area is 199 Å². The predicted molar refractivity (Wildman–Crippen MR) is 133 cm³/mol. The third-order valence-corrected chi connectivity index (χ3v) is 6.76. The van der Waals surface area contributed by atoms with Crippen LogP contribution in [0.15, 0.2) is 84.9 Å². The highest BCUT2D eigenvalue weighted by Gasteiger charge is 2.24. The maximum atomic E-state index is 13.1.